The van der Waals surface area contributed by atoms with Crippen molar-refractivity contribution in [3.05, 3.63) is 29.8 Å². The summed E-state index contributed by atoms with van der Waals surface area (Å²) >= 11 is 0. The third-order valence-corrected chi connectivity index (χ3v) is 5.14. The van der Waals surface area contributed by atoms with Crippen LogP contribution in [-0.4, -0.2) is 38.4 Å². The van der Waals surface area contributed by atoms with Crippen molar-refractivity contribution in [3.63, 3.8) is 0 Å². The van der Waals surface area contributed by atoms with E-state index in [1.165, 1.54) is 25.0 Å². The first kappa shape index (κ1) is 15.8. The van der Waals surface area contributed by atoms with Crippen LogP contribution < -0.4 is 5.73 Å². The summed E-state index contributed by atoms with van der Waals surface area (Å²) in [6.45, 7) is 0.799. The molecule has 0 atom stereocenters. The highest BCUT2D eigenvalue weighted by molar-refractivity contribution is 7.91. The van der Waals surface area contributed by atoms with E-state index >= 15 is 0 Å². The lowest BCUT2D eigenvalue weighted by Gasteiger charge is -2.07. The van der Waals surface area contributed by atoms with Gasteiger partial charge in [0.1, 0.15) is 0 Å². The largest absolute Gasteiger partial charge is 0.409 e. The standard InChI is InChI=1S/C14H20N2O4S/c15-14(16-17)12-2-1-3-13(10-12)21(18,19)9-8-20-7-6-11-4-5-11/h1-3,10-11,17H,4-9H2,(H2,15,16). The maximum atomic E-state index is 12.2. The zero-order chi connectivity index (χ0) is 15.3. The predicted molar refractivity (Wildman–Crippen MR) is 79.2 cm³/mol. The molecule has 0 amide bonds. The molecule has 2 rings (SSSR count). The van der Waals surface area contributed by atoms with Gasteiger partial charge in [0.25, 0.3) is 0 Å². The van der Waals surface area contributed by atoms with Crippen LogP contribution in [0.4, 0.5) is 0 Å². The van der Waals surface area contributed by atoms with Crippen molar-refractivity contribution in [1.29, 1.82) is 0 Å². The number of hydrogen-bond donors (Lipinski definition) is 2. The van der Waals surface area contributed by atoms with Crippen molar-refractivity contribution >= 4 is 15.7 Å². The second kappa shape index (κ2) is 6.91. The average molecular weight is 312 g/mol. The first-order valence-electron chi connectivity index (χ1n) is 6.91. The van der Waals surface area contributed by atoms with Crippen molar-refractivity contribution < 1.29 is 18.4 Å². The van der Waals surface area contributed by atoms with E-state index in [1.807, 2.05) is 0 Å². The fourth-order valence-electron chi connectivity index (χ4n) is 1.95. The van der Waals surface area contributed by atoms with Gasteiger partial charge in [0.15, 0.2) is 15.7 Å². The molecule has 116 valence electrons. The van der Waals surface area contributed by atoms with Crippen LogP contribution in [0.2, 0.25) is 0 Å². The normalized spacial score (nSPS) is 16.1. The fraction of sp³-hybridized carbons (Fsp3) is 0.500. The molecule has 1 aliphatic carbocycles. The van der Waals surface area contributed by atoms with E-state index < -0.39 is 9.84 Å². The highest BCUT2D eigenvalue weighted by Crippen LogP contribution is 2.32. The minimum absolute atomic E-state index is 0.0721. The van der Waals surface area contributed by atoms with E-state index in [0.29, 0.717) is 12.2 Å². The SMILES string of the molecule is N/C(=N/O)c1cccc(S(=O)(=O)CCOCCC2CC2)c1. The smallest absolute Gasteiger partial charge is 0.180 e. The third kappa shape index (κ3) is 4.71. The Morgan fingerprint density at radius 2 is 2.14 bits per heavy atom. The minimum atomic E-state index is -3.43. The highest BCUT2D eigenvalue weighted by Gasteiger charge is 2.21. The number of sulfone groups is 1. The molecule has 21 heavy (non-hydrogen) atoms. The van der Waals surface area contributed by atoms with Gasteiger partial charge in [-0.1, -0.05) is 30.1 Å². The predicted octanol–water partition coefficient (Wildman–Crippen LogP) is 1.37. The van der Waals surface area contributed by atoms with E-state index in [1.54, 1.807) is 12.1 Å². The molecule has 1 aromatic carbocycles. The van der Waals surface area contributed by atoms with Gasteiger partial charge in [-0.2, -0.15) is 0 Å². The molecule has 3 N–H and O–H groups in total. The van der Waals surface area contributed by atoms with E-state index in [-0.39, 0.29) is 23.1 Å². The lowest BCUT2D eigenvalue weighted by atomic mass is 10.2. The maximum Gasteiger partial charge on any atom is 0.180 e. The summed E-state index contributed by atoms with van der Waals surface area (Å²) in [5.41, 5.74) is 5.83. The molecule has 0 radical (unpaired) electrons. The summed E-state index contributed by atoms with van der Waals surface area (Å²) in [6, 6.07) is 6.04. The average Bonchev–Trinajstić information content (AvgIpc) is 3.30. The molecule has 0 spiro atoms. The van der Waals surface area contributed by atoms with Gasteiger partial charge in [-0.3, -0.25) is 0 Å². The second-order valence-corrected chi connectivity index (χ2v) is 7.29. The van der Waals surface area contributed by atoms with Crippen molar-refractivity contribution in [2.45, 2.75) is 24.2 Å². The molecule has 0 aliphatic heterocycles. The Morgan fingerprint density at radius 1 is 1.38 bits per heavy atom. The summed E-state index contributed by atoms with van der Waals surface area (Å²) in [4.78, 5) is 0.150. The van der Waals surface area contributed by atoms with E-state index in [0.717, 1.165) is 12.3 Å². The van der Waals surface area contributed by atoms with Crippen molar-refractivity contribution in [3.8, 4) is 0 Å². The fourth-order valence-corrected chi connectivity index (χ4v) is 3.12. The number of oxime groups is 1. The summed E-state index contributed by atoms with van der Waals surface area (Å²) in [7, 11) is -3.43. The quantitative estimate of drug-likeness (QED) is 0.248. The number of amidine groups is 1. The molecule has 7 heteroatoms. The lowest BCUT2D eigenvalue weighted by molar-refractivity contribution is 0.142. The maximum absolute atomic E-state index is 12.2. The van der Waals surface area contributed by atoms with Crippen molar-refractivity contribution in [2.75, 3.05) is 19.0 Å². The van der Waals surface area contributed by atoms with Gasteiger partial charge in [-0.15, -0.1) is 0 Å². The Morgan fingerprint density at radius 3 is 2.81 bits per heavy atom. The Labute approximate surface area is 124 Å². The molecule has 1 fully saturated rings. The Balaban J connectivity index is 1.91. The molecular weight excluding hydrogens is 292 g/mol. The third-order valence-electron chi connectivity index (χ3n) is 3.46. The van der Waals surface area contributed by atoms with Crippen LogP contribution in [0, 0.1) is 5.92 Å². The van der Waals surface area contributed by atoms with Crippen LogP contribution in [0.5, 0.6) is 0 Å². The minimum Gasteiger partial charge on any atom is -0.409 e. The van der Waals surface area contributed by atoms with Gasteiger partial charge in [-0.05, 0) is 24.5 Å². The van der Waals surface area contributed by atoms with Gasteiger partial charge < -0.3 is 15.7 Å². The number of benzene rings is 1. The molecule has 0 bridgehead atoms. The second-order valence-electron chi connectivity index (χ2n) is 5.18. The van der Waals surface area contributed by atoms with Gasteiger partial charge in [-0.25, -0.2) is 8.42 Å². The molecule has 0 heterocycles. The zero-order valence-electron chi connectivity index (χ0n) is 11.7. The molecular formula is C14H20N2O4S. The van der Waals surface area contributed by atoms with Crippen LogP contribution in [0.1, 0.15) is 24.8 Å². The monoisotopic (exact) mass is 312 g/mol. The molecule has 1 aliphatic rings. The highest BCUT2D eigenvalue weighted by atomic mass is 32.2. The van der Waals surface area contributed by atoms with Gasteiger partial charge in [0.05, 0.1) is 17.3 Å². The van der Waals surface area contributed by atoms with Crippen LogP contribution >= 0.6 is 0 Å². The van der Waals surface area contributed by atoms with Gasteiger partial charge >= 0.3 is 0 Å². The van der Waals surface area contributed by atoms with E-state index in [4.69, 9.17) is 15.7 Å². The van der Waals surface area contributed by atoms with E-state index in [2.05, 4.69) is 5.16 Å². The molecule has 0 unspecified atom stereocenters. The molecule has 0 aromatic heterocycles. The van der Waals surface area contributed by atoms with Gasteiger partial charge in [0.2, 0.25) is 0 Å². The summed E-state index contributed by atoms with van der Waals surface area (Å²) in [5.74, 6) is 0.587. The number of rotatable bonds is 8. The van der Waals surface area contributed by atoms with Crippen molar-refractivity contribution in [1.82, 2.24) is 0 Å². The first-order valence-corrected chi connectivity index (χ1v) is 8.56. The summed E-state index contributed by atoms with van der Waals surface area (Å²) in [6.07, 6.45) is 3.55. The van der Waals surface area contributed by atoms with Gasteiger partial charge in [0, 0.05) is 12.2 Å². The molecule has 1 aromatic rings. The molecule has 1 saturated carbocycles. The summed E-state index contributed by atoms with van der Waals surface area (Å²) in [5, 5.41) is 11.5. The number of nitrogens with two attached hydrogens (primary N) is 1. The number of hydrogen-bond acceptors (Lipinski definition) is 5. The Hall–Kier alpha value is -1.60. The topological polar surface area (TPSA) is 102 Å². The molecule has 6 nitrogen and oxygen atoms in total. The van der Waals surface area contributed by atoms with Crippen LogP contribution in [0.3, 0.4) is 0 Å². The summed E-state index contributed by atoms with van der Waals surface area (Å²) < 4.78 is 29.7. The van der Waals surface area contributed by atoms with Crippen LogP contribution in [0.25, 0.3) is 0 Å². The van der Waals surface area contributed by atoms with Crippen LogP contribution in [0.15, 0.2) is 34.3 Å². The number of nitrogens with zero attached hydrogens (tertiary/aromatic N) is 1. The Bertz CT molecular complexity index is 609. The Kier molecular flexibility index (Phi) is 5.19. The first-order chi connectivity index (χ1) is 10.0. The lowest BCUT2D eigenvalue weighted by Crippen LogP contribution is -2.16. The van der Waals surface area contributed by atoms with Crippen molar-refractivity contribution in [2.24, 2.45) is 16.8 Å². The van der Waals surface area contributed by atoms with E-state index in [9.17, 15) is 8.42 Å². The molecule has 0 saturated heterocycles. The number of ether oxygens (including phenoxy) is 1. The zero-order valence-corrected chi connectivity index (χ0v) is 12.6. The van der Waals surface area contributed by atoms with Crippen LogP contribution in [-0.2, 0) is 14.6 Å².